The second-order valence-corrected chi connectivity index (χ2v) is 10.7. The minimum absolute atomic E-state index is 0.0470. The zero-order chi connectivity index (χ0) is 28.5. The van der Waals surface area contributed by atoms with Crippen molar-refractivity contribution in [3.63, 3.8) is 0 Å². The number of rotatable bonds is 11. The molecular weight excluding hydrogens is 530 g/mol. The molecule has 3 aromatic carbocycles. The second-order valence-electron chi connectivity index (χ2n) is 9.56. The monoisotopic (exact) mass is 565 g/mol. The van der Waals surface area contributed by atoms with Gasteiger partial charge in [-0.25, -0.2) is 0 Å². The van der Waals surface area contributed by atoms with Crippen molar-refractivity contribution in [1.82, 2.24) is 0 Å². The summed E-state index contributed by atoms with van der Waals surface area (Å²) in [4.78, 5) is 23.8. The minimum Gasteiger partial charge on any atom is -0.453 e. The van der Waals surface area contributed by atoms with Crippen LogP contribution in [0.25, 0.3) is 0 Å². The summed E-state index contributed by atoms with van der Waals surface area (Å²) in [5, 5.41) is 21.8. The molecule has 9 heteroatoms. The number of thioether (sulfide) groups is 1. The summed E-state index contributed by atoms with van der Waals surface area (Å²) < 4.78 is 18.3. The third-order valence-electron chi connectivity index (χ3n) is 6.63. The second kappa shape index (κ2) is 14.4. The Bertz CT molecular complexity index is 1250. The molecule has 3 aromatic rings. The number of aliphatic hydroxyl groups excluding tert-OH is 2. The summed E-state index contributed by atoms with van der Waals surface area (Å²) in [5.41, 5.74) is 4.08. The van der Waals surface area contributed by atoms with E-state index in [2.05, 4.69) is 17.4 Å². The zero-order valence-corrected chi connectivity index (χ0v) is 23.4. The highest BCUT2D eigenvalue weighted by atomic mass is 32.2. The van der Waals surface area contributed by atoms with E-state index in [0.29, 0.717) is 17.2 Å². The lowest BCUT2D eigenvalue weighted by Crippen LogP contribution is -2.38. The van der Waals surface area contributed by atoms with E-state index in [1.54, 1.807) is 30.0 Å². The maximum Gasteiger partial charge on any atom is 0.303 e. The first-order valence-electron chi connectivity index (χ1n) is 13.2. The third-order valence-corrected chi connectivity index (χ3v) is 7.66. The van der Waals surface area contributed by atoms with Crippen molar-refractivity contribution in [2.45, 2.75) is 51.0 Å². The van der Waals surface area contributed by atoms with Crippen molar-refractivity contribution >= 4 is 29.3 Å². The van der Waals surface area contributed by atoms with Gasteiger partial charge in [-0.3, -0.25) is 9.59 Å². The van der Waals surface area contributed by atoms with Gasteiger partial charge in [0, 0.05) is 35.6 Å². The van der Waals surface area contributed by atoms with Crippen LogP contribution in [0.1, 0.15) is 54.4 Å². The Kier molecular flexibility index (Phi) is 10.7. The quantitative estimate of drug-likeness (QED) is 0.226. The van der Waals surface area contributed by atoms with Crippen LogP contribution >= 0.6 is 11.8 Å². The van der Waals surface area contributed by atoms with Crippen LogP contribution in [0.5, 0.6) is 0 Å². The van der Waals surface area contributed by atoms with Gasteiger partial charge < -0.3 is 29.7 Å². The fourth-order valence-electron chi connectivity index (χ4n) is 4.73. The fourth-order valence-corrected chi connectivity index (χ4v) is 5.54. The van der Waals surface area contributed by atoms with E-state index in [1.165, 1.54) is 13.8 Å². The number of carbonyl (C=O) groups is 2. The van der Waals surface area contributed by atoms with Gasteiger partial charge in [0.1, 0.15) is 0 Å². The SMILES string of the molecule is CC(=O)OC(C)C(=O)Nc1cccc(C2OC(CSCCO)C(c3ccccc3)C(c3ccc(CO)cc3)O2)c1. The Morgan fingerprint density at radius 1 is 0.950 bits per heavy atom. The molecule has 1 saturated heterocycles. The number of amides is 1. The van der Waals surface area contributed by atoms with Gasteiger partial charge in [0.15, 0.2) is 12.4 Å². The molecule has 0 radical (unpaired) electrons. The maximum absolute atomic E-state index is 12.5. The molecule has 1 aliphatic rings. The summed E-state index contributed by atoms with van der Waals surface area (Å²) in [7, 11) is 0. The lowest BCUT2D eigenvalue weighted by atomic mass is 9.84. The first-order chi connectivity index (χ1) is 19.4. The van der Waals surface area contributed by atoms with Gasteiger partial charge >= 0.3 is 5.97 Å². The van der Waals surface area contributed by atoms with E-state index >= 15 is 0 Å². The molecule has 1 heterocycles. The number of anilines is 1. The van der Waals surface area contributed by atoms with E-state index in [4.69, 9.17) is 14.2 Å². The molecule has 0 spiro atoms. The first-order valence-corrected chi connectivity index (χ1v) is 14.4. The standard InChI is InChI=1S/C31H35NO7S/c1-20(37-21(2)35)30(36)32-26-10-6-9-25(17-26)31-38-27(19-40-16-15-33)28(23-7-4-3-5-8-23)29(39-31)24-13-11-22(18-34)12-14-24/h3-14,17,20,27-29,31,33-34H,15-16,18-19H2,1-2H3,(H,32,36). The number of ether oxygens (including phenoxy) is 3. The predicted octanol–water partition coefficient (Wildman–Crippen LogP) is 4.73. The smallest absolute Gasteiger partial charge is 0.303 e. The molecule has 3 N–H and O–H groups in total. The highest BCUT2D eigenvalue weighted by Gasteiger charge is 2.41. The molecular formula is C31H35NO7S. The summed E-state index contributed by atoms with van der Waals surface area (Å²) >= 11 is 1.62. The number of benzene rings is 3. The molecule has 0 aromatic heterocycles. The van der Waals surface area contributed by atoms with Gasteiger partial charge in [0.25, 0.3) is 5.91 Å². The Balaban J connectivity index is 1.66. The zero-order valence-electron chi connectivity index (χ0n) is 22.6. The van der Waals surface area contributed by atoms with Crippen LogP contribution < -0.4 is 5.32 Å². The molecule has 0 aliphatic carbocycles. The van der Waals surface area contributed by atoms with Gasteiger partial charge in [-0.1, -0.05) is 66.7 Å². The Labute approximate surface area is 238 Å². The lowest BCUT2D eigenvalue weighted by Gasteiger charge is -2.43. The van der Waals surface area contributed by atoms with Gasteiger partial charge in [-0.15, -0.1) is 0 Å². The average molecular weight is 566 g/mol. The number of carbonyl (C=O) groups excluding carboxylic acids is 2. The van der Waals surface area contributed by atoms with E-state index < -0.39 is 24.3 Å². The van der Waals surface area contributed by atoms with Crippen LogP contribution in [0.15, 0.2) is 78.9 Å². The summed E-state index contributed by atoms with van der Waals surface area (Å²) in [6, 6.07) is 25.0. The molecule has 5 atom stereocenters. The molecule has 8 nitrogen and oxygen atoms in total. The number of nitrogens with one attached hydrogen (secondary N) is 1. The van der Waals surface area contributed by atoms with Gasteiger partial charge in [-0.05, 0) is 35.7 Å². The molecule has 1 amide bonds. The van der Waals surface area contributed by atoms with Crippen LogP contribution in [0, 0.1) is 0 Å². The van der Waals surface area contributed by atoms with Crippen LogP contribution in [0.3, 0.4) is 0 Å². The molecule has 40 heavy (non-hydrogen) atoms. The van der Waals surface area contributed by atoms with Crippen LogP contribution in [0.4, 0.5) is 5.69 Å². The fraction of sp³-hybridized carbons (Fsp3) is 0.355. The first kappa shape index (κ1) is 29.8. The number of hydrogen-bond donors (Lipinski definition) is 3. The molecule has 0 bridgehead atoms. The van der Waals surface area contributed by atoms with Crippen LogP contribution in [0.2, 0.25) is 0 Å². The van der Waals surface area contributed by atoms with Crippen molar-refractivity contribution in [1.29, 1.82) is 0 Å². The van der Waals surface area contributed by atoms with E-state index in [-0.39, 0.29) is 31.3 Å². The lowest BCUT2D eigenvalue weighted by molar-refractivity contribution is -0.255. The van der Waals surface area contributed by atoms with Crippen molar-refractivity contribution < 1.29 is 34.0 Å². The van der Waals surface area contributed by atoms with Crippen molar-refractivity contribution in [2.75, 3.05) is 23.4 Å². The van der Waals surface area contributed by atoms with Crippen molar-refractivity contribution in [2.24, 2.45) is 0 Å². The molecule has 212 valence electrons. The largest absolute Gasteiger partial charge is 0.453 e. The van der Waals surface area contributed by atoms with Gasteiger partial charge in [0.2, 0.25) is 0 Å². The Morgan fingerprint density at radius 2 is 1.68 bits per heavy atom. The summed E-state index contributed by atoms with van der Waals surface area (Å²) in [6.07, 6.45) is -2.28. The predicted molar refractivity (Wildman–Crippen MR) is 154 cm³/mol. The van der Waals surface area contributed by atoms with Crippen molar-refractivity contribution in [3.05, 3.63) is 101 Å². The Morgan fingerprint density at radius 3 is 2.35 bits per heavy atom. The maximum atomic E-state index is 12.5. The van der Waals surface area contributed by atoms with Gasteiger partial charge in [0.05, 0.1) is 25.4 Å². The van der Waals surface area contributed by atoms with Crippen molar-refractivity contribution in [3.8, 4) is 0 Å². The third kappa shape index (κ3) is 7.71. The number of esters is 1. The minimum atomic E-state index is -0.936. The number of aliphatic hydroxyl groups is 2. The summed E-state index contributed by atoms with van der Waals surface area (Å²) in [6.45, 7) is 2.80. The highest BCUT2D eigenvalue weighted by Crippen LogP contribution is 2.47. The van der Waals surface area contributed by atoms with E-state index in [0.717, 1.165) is 22.3 Å². The average Bonchev–Trinajstić information content (AvgIpc) is 2.97. The molecule has 5 unspecified atom stereocenters. The molecule has 1 fully saturated rings. The molecule has 0 saturated carbocycles. The van der Waals surface area contributed by atoms with Crippen LogP contribution in [-0.4, -0.2) is 52.4 Å². The van der Waals surface area contributed by atoms with Crippen LogP contribution in [-0.2, 0) is 30.4 Å². The summed E-state index contributed by atoms with van der Waals surface area (Å²) in [5.74, 6) is 0.126. The normalized spacial score (nSPS) is 21.4. The van der Waals surface area contributed by atoms with E-state index in [9.17, 15) is 19.8 Å². The van der Waals surface area contributed by atoms with E-state index in [1.807, 2.05) is 48.5 Å². The highest BCUT2D eigenvalue weighted by molar-refractivity contribution is 7.99. The molecule has 1 aliphatic heterocycles. The molecule has 4 rings (SSSR count). The number of hydrogen-bond acceptors (Lipinski definition) is 8. The topological polar surface area (TPSA) is 114 Å². The van der Waals surface area contributed by atoms with Gasteiger partial charge in [-0.2, -0.15) is 11.8 Å². The Hall–Kier alpha value is -3.21.